The standard InChI is InChI=1S/C6H15N3O/c1-3-4-5(2)8-6(10)9-7/h5H,3-4,7H2,1-2H3,(H2,8,9,10). The molecular weight excluding hydrogens is 130 g/mol. The van der Waals surface area contributed by atoms with Gasteiger partial charge < -0.3 is 5.32 Å². The predicted octanol–water partition coefficient (Wildman–Crippen LogP) is 0.348. The van der Waals surface area contributed by atoms with Crippen LogP contribution in [0.25, 0.3) is 0 Å². The Hall–Kier alpha value is -0.770. The van der Waals surface area contributed by atoms with Crippen LogP contribution in [0.15, 0.2) is 0 Å². The van der Waals surface area contributed by atoms with E-state index in [2.05, 4.69) is 12.2 Å². The Bertz CT molecular complexity index is 105. The fraction of sp³-hybridized carbons (Fsp3) is 0.833. The van der Waals surface area contributed by atoms with E-state index < -0.39 is 0 Å². The van der Waals surface area contributed by atoms with E-state index in [1.165, 1.54) is 0 Å². The smallest absolute Gasteiger partial charge is 0.329 e. The molecule has 0 rings (SSSR count). The zero-order valence-electron chi connectivity index (χ0n) is 6.48. The van der Waals surface area contributed by atoms with E-state index in [0.717, 1.165) is 12.8 Å². The van der Waals surface area contributed by atoms with Crippen molar-refractivity contribution in [3.05, 3.63) is 0 Å². The maximum absolute atomic E-state index is 10.5. The lowest BCUT2D eigenvalue weighted by atomic mass is 10.2. The minimum absolute atomic E-state index is 0.202. The molecule has 0 aliphatic rings. The van der Waals surface area contributed by atoms with Gasteiger partial charge in [0.15, 0.2) is 0 Å². The van der Waals surface area contributed by atoms with Gasteiger partial charge in [0, 0.05) is 6.04 Å². The molecular formula is C6H15N3O. The Labute approximate surface area is 61.1 Å². The molecule has 0 aromatic carbocycles. The van der Waals surface area contributed by atoms with Crippen LogP contribution >= 0.6 is 0 Å². The van der Waals surface area contributed by atoms with Crippen LogP contribution in [0.1, 0.15) is 26.7 Å². The molecule has 0 bridgehead atoms. The molecule has 0 saturated carbocycles. The first-order valence-corrected chi connectivity index (χ1v) is 3.47. The second-order valence-electron chi connectivity index (χ2n) is 2.31. The van der Waals surface area contributed by atoms with Gasteiger partial charge in [-0.05, 0) is 13.3 Å². The third-order valence-electron chi connectivity index (χ3n) is 1.23. The molecule has 0 heterocycles. The van der Waals surface area contributed by atoms with Crippen LogP contribution in [0, 0.1) is 0 Å². The number of urea groups is 1. The van der Waals surface area contributed by atoms with Crippen molar-refractivity contribution in [3.8, 4) is 0 Å². The van der Waals surface area contributed by atoms with Crippen LogP contribution in [-0.4, -0.2) is 12.1 Å². The van der Waals surface area contributed by atoms with Crippen molar-refractivity contribution in [1.29, 1.82) is 0 Å². The highest BCUT2D eigenvalue weighted by atomic mass is 16.2. The fourth-order valence-corrected chi connectivity index (χ4v) is 0.771. The molecule has 0 aliphatic carbocycles. The van der Waals surface area contributed by atoms with E-state index in [1.807, 2.05) is 12.3 Å². The molecule has 0 saturated heterocycles. The number of nitrogens with two attached hydrogens (primary N) is 1. The minimum atomic E-state index is -0.319. The molecule has 60 valence electrons. The van der Waals surface area contributed by atoms with Crippen molar-refractivity contribution in [2.75, 3.05) is 0 Å². The molecule has 0 spiro atoms. The van der Waals surface area contributed by atoms with Crippen LogP contribution in [0.3, 0.4) is 0 Å². The Balaban J connectivity index is 3.37. The van der Waals surface area contributed by atoms with Crippen molar-refractivity contribution >= 4 is 6.03 Å². The van der Waals surface area contributed by atoms with E-state index in [-0.39, 0.29) is 12.1 Å². The number of hydrogen-bond donors (Lipinski definition) is 3. The van der Waals surface area contributed by atoms with Crippen LogP contribution in [0.5, 0.6) is 0 Å². The molecule has 0 aromatic rings. The summed E-state index contributed by atoms with van der Waals surface area (Å²) in [5, 5.41) is 2.66. The van der Waals surface area contributed by atoms with Crippen molar-refractivity contribution in [2.24, 2.45) is 5.84 Å². The summed E-state index contributed by atoms with van der Waals surface area (Å²) in [4.78, 5) is 10.5. The van der Waals surface area contributed by atoms with Crippen molar-refractivity contribution in [2.45, 2.75) is 32.7 Å². The number of carbonyl (C=O) groups excluding carboxylic acids is 1. The quantitative estimate of drug-likeness (QED) is 0.305. The lowest BCUT2D eigenvalue weighted by Crippen LogP contribution is -2.43. The largest absolute Gasteiger partial charge is 0.335 e. The summed E-state index contributed by atoms with van der Waals surface area (Å²) >= 11 is 0. The number of amides is 2. The monoisotopic (exact) mass is 145 g/mol. The van der Waals surface area contributed by atoms with Crippen LogP contribution in [0.2, 0.25) is 0 Å². The van der Waals surface area contributed by atoms with Gasteiger partial charge in [-0.3, -0.25) is 5.43 Å². The molecule has 4 nitrogen and oxygen atoms in total. The number of rotatable bonds is 3. The molecule has 1 unspecified atom stereocenters. The maximum atomic E-state index is 10.5. The molecule has 10 heavy (non-hydrogen) atoms. The summed E-state index contributed by atoms with van der Waals surface area (Å²) in [5.74, 6) is 4.85. The summed E-state index contributed by atoms with van der Waals surface area (Å²) < 4.78 is 0. The van der Waals surface area contributed by atoms with E-state index in [9.17, 15) is 4.79 Å². The van der Waals surface area contributed by atoms with Crippen LogP contribution < -0.4 is 16.6 Å². The van der Waals surface area contributed by atoms with Gasteiger partial charge in [-0.15, -0.1) is 0 Å². The molecule has 1 atom stereocenters. The Kier molecular flexibility index (Phi) is 4.66. The first-order chi connectivity index (χ1) is 4.70. The molecule has 0 aliphatic heterocycles. The first kappa shape index (κ1) is 9.23. The van der Waals surface area contributed by atoms with E-state index in [0.29, 0.717) is 0 Å². The Morgan fingerprint density at radius 3 is 2.70 bits per heavy atom. The normalized spacial score (nSPS) is 12.3. The van der Waals surface area contributed by atoms with Gasteiger partial charge in [0.1, 0.15) is 0 Å². The molecule has 4 N–H and O–H groups in total. The van der Waals surface area contributed by atoms with Crippen molar-refractivity contribution in [1.82, 2.24) is 10.7 Å². The third kappa shape index (κ3) is 4.14. The van der Waals surface area contributed by atoms with Gasteiger partial charge in [-0.2, -0.15) is 0 Å². The second kappa shape index (κ2) is 5.05. The average molecular weight is 145 g/mol. The lowest BCUT2D eigenvalue weighted by Gasteiger charge is -2.10. The predicted molar refractivity (Wildman–Crippen MR) is 40.2 cm³/mol. The molecule has 0 fully saturated rings. The Morgan fingerprint density at radius 1 is 1.70 bits per heavy atom. The number of hydrogen-bond acceptors (Lipinski definition) is 2. The van der Waals surface area contributed by atoms with E-state index in [1.54, 1.807) is 0 Å². The number of carbonyl (C=O) groups is 1. The van der Waals surface area contributed by atoms with Gasteiger partial charge in [0.2, 0.25) is 0 Å². The highest BCUT2D eigenvalue weighted by molar-refractivity contribution is 5.73. The van der Waals surface area contributed by atoms with Crippen LogP contribution in [-0.2, 0) is 0 Å². The zero-order chi connectivity index (χ0) is 7.98. The van der Waals surface area contributed by atoms with Gasteiger partial charge >= 0.3 is 6.03 Å². The Morgan fingerprint density at radius 2 is 2.30 bits per heavy atom. The summed E-state index contributed by atoms with van der Waals surface area (Å²) in [5.41, 5.74) is 2.00. The van der Waals surface area contributed by atoms with Crippen LogP contribution in [0.4, 0.5) is 4.79 Å². The van der Waals surface area contributed by atoms with E-state index in [4.69, 9.17) is 5.84 Å². The fourth-order valence-electron chi connectivity index (χ4n) is 0.771. The molecule has 0 aromatic heterocycles. The molecule has 0 radical (unpaired) electrons. The van der Waals surface area contributed by atoms with Gasteiger partial charge in [-0.1, -0.05) is 13.3 Å². The average Bonchev–Trinajstić information content (AvgIpc) is 1.88. The lowest BCUT2D eigenvalue weighted by molar-refractivity contribution is 0.237. The summed E-state index contributed by atoms with van der Waals surface area (Å²) in [6.45, 7) is 4.01. The molecule has 2 amide bonds. The van der Waals surface area contributed by atoms with Gasteiger partial charge in [0.05, 0.1) is 0 Å². The van der Waals surface area contributed by atoms with Gasteiger partial charge in [-0.25, -0.2) is 10.6 Å². The summed E-state index contributed by atoms with van der Waals surface area (Å²) in [7, 11) is 0. The maximum Gasteiger partial charge on any atom is 0.329 e. The third-order valence-corrected chi connectivity index (χ3v) is 1.23. The van der Waals surface area contributed by atoms with E-state index >= 15 is 0 Å². The van der Waals surface area contributed by atoms with Gasteiger partial charge in [0.25, 0.3) is 0 Å². The highest BCUT2D eigenvalue weighted by Crippen LogP contribution is 1.93. The topological polar surface area (TPSA) is 67.2 Å². The highest BCUT2D eigenvalue weighted by Gasteiger charge is 2.02. The summed E-state index contributed by atoms with van der Waals surface area (Å²) in [6, 6.07) is -0.116. The molecule has 4 heteroatoms. The second-order valence-corrected chi connectivity index (χ2v) is 2.31. The first-order valence-electron chi connectivity index (χ1n) is 3.47. The van der Waals surface area contributed by atoms with Crippen molar-refractivity contribution in [3.63, 3.8) is 0 Å². The number of nitrogens with one attached hydrogen (secondary N) is 2. The van der Waals surface area contributed by atoms with Crippen molar-refractivity contribution < 1.29 is 4.79 Å². The minimum Gasteiger partial charge on any atom is -0.335 e. The number of hydrazine groups is 1. The summed E-state index contributed by atoms with van der Waals surface area (Å²) in [6.07, 6.45) is 2.04. The SMILES string of the molecule is CCCC(C)NC(=O)NN. The zero-order valence-corrected chi connectivity index (χ0v) is 6.48.